The van der Waals surface area contributed by atoms with Crippen molar-refractivity contribution in [3.05, 3.63) is 54.0 Å². The van der Waals surface area contributed by atoms with Gasteiger partial charge in [-0.25, -0.2) is 9.37 Å². The summed E-state index contributed by atoms with van der Waals surface area (Å²) in [6, 6.07) is 11.0. The summed E-state index contributed by atoms with van der Waals surface area (Å²) >= 11 is 0. The number of hydrogen-bond acceptors (Lipinski definition) is 3. The zero-order valence-electron chi connectivity index (χ0n) is 12.8. The first kappa shape index (κ1) is 15.4. The normalized spacial score (nSPS) is 12.2. The molecular weight excluding hydrogens is 265 g/mol. The molecule has 1 aromatic heterocycles. The molecule has 0 aliphatic rings. The Hall–Kier alpha value is -1.94. The van der Waals surface area contributed by atoms with E-state index in [0.717, 1.165) is 17.9 Å². The lowest BCUT2D eigenvalue weighted by atomic mass is 10.1. The molecule has 0 fully saturated rings. The fourth-order valence-electron chi connectivity index (χ4n) is 2.36. The number of nitrogens with one attached hydrogen (secondary N) is 1. The largest absolute Gasteiger partial charge is 0.324 e. The van der Waals surface area contributed by atoms with Crippen LogP contribution in [0.1, 0.15) is 32.4 Å². The number of halogens is 1. The highest BCUT2D eigenvalue weighted by Crippen LogP contribution is 2.26. The van der Waals surface area contributed by atoms with E-state index in [1.54, 1.807) is 12.1 Å². The maximum atomic E-state index is 13.9. The van der Waals surface area contributed by atoms with E-state index in [1.807, 2.05) is 36.2 Å². The highest BCUT2D eigenvalue weighted by Gasteiger charge is 2.13. The molecule has 2 aromatic rings. The summed E-state index contributed by atoms with van der Waals surface area (Å²) in [5.74, 6) is 0.529. The van der Waals surface area contributed by atoms with Crippen molar-refractivity contribution >= 4 is 11.5 Å². The van der Waals surface area contributed by atoms with Crippen LogP contribution in [0.25, 0.3) is 0 Å². The third-order valence-corrected chi connectivity index (χ3v) is 3.52. The second kappa shape index (κ2) is 7.18. The molecule has 3 nitrogen and oxygen atoms in total. The molecule has 1 atom stereocenters. The molecule has 0 radical (unpaired) electrons. The monoisotopic (exact) mass is 287 g/mol. The van der Waals surface area contributed by atoms with Crippen LogP contribution in [0.5, 0.6) is 0 Å². The van der Waals surface area contributed by atoms with Gasteiger partial charge in [-0.05, 0) is 44.2 Å². The summed E-state index contributed by atoms with van der Waals surface area (Å²) in [6.07, 6.45) is 1.85. The Morgan fingerprint density at radius 1 is 1.19 bits per heavy atom. The Morgan fingerprint density at radius 2 is 1.95 bits per heavy atom. The second-order valence-corrected chi connectivity index (χ2v) is 4.92. The van der Waals surface area contributed by atoms with E-state index in [4.69, 9.17) is 0 Å². The molecule has 2 rings (SSSR count). The number of aromatic nitrogens is 1. The fourth-order valence-corrected chi connectivity index (χ4v) is 2.36. The molecule has 0 saturated heterocycles. The van der Waals surface area contributed by atoms with Crippen LogP contribution in [-0.2, 0) is 0 Å². The van der Waals surface area contributed by atoms with Crippen LogP contribution in [0.15, 0.2) is 42.6 Å². The number of para-hydroxylation sites is 1. The van der Waals surface area contributed by atoms with Gasteiger partial charge in [-0.3, -0.25) is 0 Å². The summed E-state index contributed by atoms with van der Waals surface area (Å²) in [6.45, 7) is 7.75. The maximum Gasteiger partial charge on any atom is 0.146 e. The van der Waals surface area contributed by atoms with E-state index in [0.29, 0.717) is 12.2 Å². The highest BCUT2D eigenvalue weighted by atomic mass is 19.1. The third-order valence-electron chi connectivity index (χ3n) is 3.52. The summed E-state index contributed by atoms with van der Waals surface area (Å²) in [5.41, 5.74) is 1.69. The number of anilines is 2. The van der Waals surface area contributed by atoms with E-state index >= 15 is 0 Å². The summed E-state index contributed by atoms with van der Waals surface area (Å²) < 4.78 is 13.9. The lowest BCUT2D eigenvalue weighted by Gasteiger charge is -2.23. The summed E-state index contributed by atoms with van der Waals surface area (Å²) in [7, 11) is 0. The Bertz CT molecular complexity index is 569. The Kier molecular flexibility index (Phi) is 5.28. The van der Waals surface area contributed by atoms with Crippen molar-refractivity contribution in [1.82, 2.24) is 10.3 Å². The van der Waals surface area contributed by atoms with Crippen LogP contribution in [0.2, 0.25) is 0 Å². The predicted octanol–water partition coefficient (Wildman–Crippen LogP) is 4.05. The van der Waals surface area contributed by atoms with E-state index in [-0.39, 0.29) is 11.9 Å². The average molecular weight is 287 g/mol. The molecule has 1 N–H and O–H groups in total. The van der Waals surface area contributed by atoms with Gasteiger partial charge < -0.3 is 10.2 Å². The van der Waals surface area contributed by atoms with Gasteiger partial charge >= 0.3 is 0 Å². The first-order valence-electron chi connectivity index (χ1n) is 7.38. The van der Waals surface area contributed by atoms with Gasteiger partial charge in [0.1, 0.15) is 11.6 Å². The van der Waals surface area contributed by atoms with Crippen molar-refractivity contribution in [2.45, 2.75) is 26.8 Å². The highest BCUT2D eigenvalue weighted by molar-refractivity contribution is 5.60. The summed E-state index contributed by atoms with van der Waals surface area (Å²) in [5, 5.41) is 3.35. The van der Waals surface area contributed by atoms with E-state index in [1.165, 1.54) is 6.07 Å². The van der Waals surface area contributed by atoms with E-state index in [9.17, 15) is 4.39 Å². The van der Waals surface area contributed by atoms with Gasteiger partial charge in [0.2, 0.25) is 0 Å². The topological polar surface area (TPSA) is 28.2 Å². The van der Waals surface area contributed by atoms with E-state index < -0.39 is 0 Å². The Balaban J connectivity index is 2.26. The molecule has 112 valence electrons. The Labute approximate surface area is 125 Å². The van der Waals surface area contributed by atoms with Crippen LogP contribution in [0.4, 0.5) is 15.9 Å². The molecule has 1 unspecified atom stereocenters. The lowest BCUT2D eigenvalue weighted by Crippen LogP contribution is -2.20. The van der Waals surface area contributed by atoms with E-state index in [2.05, 4.69) is 24.1 Å². The molecule has 0 spiro atoms. The van der Waals surface area contributed by atoms with Gasteiger partial charge in [0.15, 0.2) is 0 Å². The first-order chi connectivity index (χ1) is 10.2. The fraction of sp³-hybridized carbons (Fsp3) is 0.353. The molecule has 0 bridgehead atoms. The van der Waals surface area contributed by atoms with Crippen LogP contribution in [0.3, 0.4) is 0 Å². The van der Waals surface area contributed by atoms with Gasteiger partial charge in [0.25, 0.3) is 0 Å². The van der Waals surface area contributed by atoms with Gasteiger partial charge in [0.05, 0.1) is 5.69 Å². The first-order valence-corrected chi connectivity index (χ1v) is 7.38. The third kappa shape index (κ3) is 3.58. The minimum Gasteiger partial charge on any atom is -0.324 e. The molecule has 0 saturated carbocycles. The zero-order chi connectivity index (χ0) is 15.2. The molecule has 0 aliphatic carbocycles. The van der Waals surface area contributed by atoms with Gasteiger partial charge in [-0.2, -0.15) is 0 Å². The zero-order valence-corrected chi connectivity index (χ0v) is 12.8. The van der Waals surface area contributed by atoms with Gasteiger partial charge in [-0.15, -0.1) is 0 Å². The van der Waals surface area contributed by atoms with Crippen LogP contribution in [0, 0.1) is 5.82 Å². The molecule has 1 aromatic carbocycles. The Morgan fingerprint density at radius 3 is 2.52 bits per heavy atom. The molecular formula is C17H22FN3. The number of nitrogens with zero attached hydrogens (tertiary/aromatic N) is 2. The van der Waals surface area contributed by atoms with Crippen molar-refractivity contribution in [3.63, 3.8) is 0 Å². The minimum absolute atomic E-state index is 0.230. The van der Waals surface area contributed by atoms with Crippen molar-refractivity contribution in [3.8, 4) is 0 Å². The number of pyridine rings is 1. The second-order valence-electron chi connectivity index (χ2n) is 4.92. The standard InChI is InChI=1S/C17H22FN3/c1-4-19-13(3)14-10-11-17(20-12-14)21(5-2)16-9-7-6-8-15(16)18/h6-13,19H,4-5H2,1-3H3. The number of hydrogen-bond donors (Lipinski definition) is 1. The van der Waals surface area contributed by atoms with Crippen LogP contribution in [-0.4, -0.2) is 18.1 Å². The maximum absolute atomic E-state index is 13.9. The predicted molar refractivity (Wildman–Crippen MR) is 85.4 cm³/mol. The van der Waals surface area contributed by atoms with Gasteiger partial charge in [-0.1, -0.05) is 25.1 Å². The SMILES string of the molecule is CCNC(C)c1ccc(N(CC)c2ccccc2F)nc1. The molecule has 4 heteroatoms. The number of benzene rings is 1. The summed E-state index contributed by atoms with van der Waals surface area (Å²) in [4.78, 5) is 6.36. The van der Waals surface area contributed by atoms with Crippen LogP contribution >= 0.6 is 0 Å². The van der Waals surface area contributed by atoms with Crippen molar-refractivity contribution in [2.75, 3.05) is 18.0 Å². The smallest absolute Gasteiger partial charge is 0.146 e. The molecule has 1 heterocycles. The number of rotatable bonds is 6. The molecule has 21 heavy (non-hydrogen) atoms. The lowest BCUT2D eigenvalue weighted by molar-refractivity contribution is 0.596. The molecule has 0 amide bonds. The van der Waals surface area contributed by atoms with Crippen LogP contribution < -0.4 is 10.2 Å². The van der Waals surface area contributed by atoms with Crippen molar-refractivity contribution in [1.29, 1.82) is 0 Å². The minimum atomic E-state index is -0.230. The average Bonchev–Trinajstić information content (AvgIpc) is 2.51. The quantitative estimate of drug-likeness (QED) is 0.868. The molecule has 0 aliphatic heterocycles. The van der Waals surface area contributed by atoms with Crippen molar-refractivity contribution < 1.29 is 4.39 Å². The van der Waals surface area contributed by atoms with Gasteiger partial charge in [0, 0.05) is 18.8 Å². The van der Waals surface area contributed by atoms with Crippen molar-refractivity contribution in [2.24, 2.45) is 0 Å².